The van der Waals surface area contributed by atoms with Crippen LogP contribution < -0.4 is 4.74 Å². The number of carbonyl (C=O) groups excluding carboxylic acids is 1. The van der Waals surface area contributed by atoms with E-state index in [1.165, 1.54) is 6.07 Å². The molecule has 6 nitrogen and oxygen atoms in total. The van der Waals surface area contributed by atoms with Gasteiger partial charge in [-0.05, 0) is 35.4 Å². The third-order valence-corrected chi connectivity index (χ3v) is 5.37. The van der Waals surface area contributed by atoms with E-state index >= 15 is 0 Å². The predicted octanol–water partition coefficient (Wildman–Crippen LogP) is 4.74. The van der Waals surface area contributed by atoms with E-state index in [-0.39, 0.29) is 28.6 Å². The number of hydrogen-bond acceptors (Lipinski definition) is 5. The van der Waals surface area contributed by atoms with Crippen molar-refractivity contribution in [3.05, 3.63) is 83.2 Å². The summed E-state index contributed by atoms with van der Waals surface area (Å²) >= 11 is 0. The average molecular weight is 408 g/mol. The standard InChI is InChI=1S/C25H16N2O4/c1-27-13-16(9-22-25(30)24-20(29)10-17(28)11-21(24)31-22)23-18(6-3-7-19(23)27)15-5-2-4-14(8-15)12-26/h2-11,13,28-29H,1H3. The van der Waals surface area contributed by atoms with Gasteiger partial charge in [-0.1, -0.05) is 24.3 Å². The summed E-state index contributed by atoms with van der Waals surface area (Å²) in [6.07, 6.45) is 3.53. The Morgan fingerprint density at radius 2 is 1.90 bits per heavy atom. The number of aromatic hydroxyl groups is 2. The fourth-order valence-corrected chi connectivity index (χ4v) is 4.01. The summed E-state index contributed by atoms with van der Waals surface area (Å²) in [6, 6.07) is 17.8. The Morgan fingerprint density at radius 3 is 2.71 bits per heavy atom. The molecule has 1 aromatic heterocycles. The third kappa shape index (κ3) is 2.92. The molecule has 1 aliphatic heterocycles. The lowest BCUT2D eigenvalue weighted by atomic mass is 9.97. The van der Waals surface area contributed by atoms with Crippen LogP contribution in [0.4, 0.5) is 0 Å². The highest BCUT2D eigenvalue weighted by Gasteiger charge is 2.31. The number of allylic oxidation sites excluding steroid dienone is 1. The van der Waals surface area contributed by atoms with E-state index in [0.717, 1.165) is 33.7 Å². The molecule has 0 atom stereocenters. The molecule has 0 fully saturated rings. The summed E-state index contributed by atoms with van der Waals surface area (Å²) in [6.45, 7) is 0. The number of nitrogens with zero attached hydrogens (tertiary/aromatic N) is 2. The molecule has 2 heterocycles. The van der Waals surface area contributed by atoms with Crippen LogP contribution in [0.3, 0.4) is 0 Å². The first-order chi connectivity index (χ1) is 15.0. The molecule has 0 aliphatic carbocycles. The van der Waals surface area contributed by atoms with Gasteiger partial charge in [-0.2, -0.15) is 5.26 Å². The third-order valence-electron chi connectivity index (χ3n) is 5.37. The number of ether oxygens (including phenoxy) is 1. The van der Waals surface area contributed by atoms with Gasteiger partial charge in [0, 0.05) is 41.8 Å². The van der Waals surface area contributed by atoms with E-state index in [0.29, 0.717) is 5.56 Å². The summed E-state index contributed by atoms with van der Waals surface area (Å²) in [5.41, 5.74) is 4.12. The Kier molecular flexibility index (Phi) is 4.05. The zero-order chi connectivity index (χ0) is 21.7. The summed E-state index contributed by atoms with van der Waals surface area (Å²) < 4.78 is 7.62. The van der Waals surface area contributed by atoms with Gasteiger partial charge in [0.1, 0.15) is 22.8 Å². The van der Waals surface area contributed by atoms with E-state index in [1.807, 2.05) is 54.2 Å². The van der Waals surface area contributed by atoms with Gasteiger partial charge in [0.2, 0.25) is 5.78 Å². The van der Waals surface area contributed by atoms with Crippen LogP contribution in [0.2, 0.25) is 0 Å². The maximum absolute atomic E-state index is 12.8. The van der Waals surface area contributed by atoms with Crippen molar-refractivity contribution >= 4 is 22.8 Å². The fraction of sp³-hybridized carbons (Fsp3) is 0.0400. The molecule has 5 rings (SSSR count). The maximum atomic E-state index is 12.8. The first-order valence-corrected chi connectivity index (χ1v) is 9.55. The Hall–Kier alpha value is -4.50. The minimum atomic E-state index is -0.450. The minimum Gasteiger partial charge on any atom is -0.508 e. The minimum absolute atomic E-state index is 0.0335. The number of ketones is 1. The Labute approximate surface area is 177 Å². The van der Waals surface area contributed by atoms with Crippen LogP contribution >= 0.6 is 0 Å². The van der Waals surface area contributed by atoms with E-state index in [2.05, 4.69) is 6.07 Å². The SMILES string of the molecule is Cn1cc(C=C2Oc3cc(O)cc(O)c3C2=O)c2c(-c3cccc(C#N)c3)cccc21. The Morgan fingerprint density at radius 1 is 1.10 bits per heavy atom. The van der Waals surface area contributed by atoms with Gasteiger partial charge >= 0.3 is 0 Å². The van der Waals surface area contributed by atoms with Gasteiger partial charge in [-0.15, -0.1) is 0 Å². The number of aryl methyl sites for hydroxylation is 1. The van der Waals surface area contributed by atoms with Crippen molar-refractivity contribution in [2.75, 3.05) is 0 Å². The number of aromatic nitrogens is 1. The number of hydrogen-bond donors (Lipinski definition) is 2. The first-order valence-electron chi connectivity index (χ1n) is 9.55. The predicted molar refractivity (Wildman–Crippen MR) is 116 cm³/mol. The first kappa shape index (κ1) is 18.5. The average Bonchev–Trinajstić information content (AvgIpc) is 3.24. The molecule has 31 heavy (non-hydrogen) atoms. The zero-order valence-corrected chi connectivity index (χ0v) is 16.5. The Bertz CT molecular complexity index is 1470. The van der Waals surface area contributed by atoms with Crippen molar-refractivity contribution in [2.45, 2.75) is 0 Å². The number of carbonyl (C=O) groups is 1. The van der Waals surface area contributed by atoms with Crippen molar-refractivity contribution in [1.82, 2.24) is 4.57 Å². The van der Waals surface area contributed by atoms with Crippen LogP contribution in [-0.2, 0) is 7.05 Å². The van der Waals surface area contributed by atoms with Crippen molar-refractivity contribution in [2.24, 2.45) is 7.05 Å². The van der Waals surface area contributed by atoms with Gasteiger partial charge in [-0.3, -0.25) is 4.79 Å². The number of rotatable bonds is 2. The van der Waals surface area contributed by atoms with Crippen LogP contribution in [0.1, 0.15) is 21.5 Å². The van der Waals surface area contributed by atoms with Crippen molar-refractivity contribution in [3.8, 4) is 34.4 Å². The van der Waals surface area contributed by atoms with Crippen molar-refractivity contribution in [3.63, 3.8) is 0 Å². The summed E-state index contributed by atoms with van der Waals surface area (Å²) in [7, 11) is 1.91. The van der Waals surface area contributed by atoms with Gasteiger partial charge in [0.25, 0.3) is 0 Å². The second-order valence-corrected chi connectivity index (χ2v) is 7.37. The molecule has 0 bridgehead atoms. The van der Waals surface area contributed by atoms with Gasteiger partial charge in [0.05, 0.1) is 11.6 Å². The molecule has 2 N–H and O–H groups in total. The zero-order valence-electron chi connectivity index (χ0n) is 16.5. The lowest BCUT2D eigenvalue weighted by Crippen LogP contribution is -1.98. The van der Waals surface area contributed by atoms with E-state index in [9.17, 15) is 20.3 Å². The second-order valence-electron chi connectivity index (χ2n) is 7.37. The number of fused-ring (bicyclic) bond motifs is 2. The van der Waals surface area contributed by atoms with Crippen LogP contribution in [0, 0.1) is 11.3 Å². The highest BCUT2D eigenvalue weighted by molar-refractivity contribution is 6.17. The summed E-state index contributed by atoms with van der Waals surface area (Å²) in [4.78, 5) is 12.8. The van der Waals surface area contributed by atoms with Crippen molar-refractivity contribution < 1.29 is 19.7 Å². The molecular formula is C25H16N2O4. The molecule has 4 aromatic rings. The highest BCUT2D eigenvalue weighted by Crippen LogP contribution is 2.41. The van der Waals surface area contributed by atoms with Crippen LogP contribution in [0.25, 0.3) is 28.1 Å². The highest BCUT2D eigenvalue weighted by atomic mass is 16.5. The lowest BCUT2D eigenvalue weighted by molar-refractivity contribution is 0.101. The number of phenols is 2. The molecule has 0 radical (unpaired) electrons. The molecule has 150 valence electrons. The smallest absolute Gasteiger partial charge is 0.235 e. The molecule has 0 amide bonds. The van der Waals surface area contributed by atoms with Crippen LogP contribution in [0.5, 0.6) is 17.2 Å². The topological polar surface area (TPSA) is 95.5 Å². The van der Waals surface area contributed by atoms with E-state index < -0.39 is 5.78 Å². The molecule has 0 saturated heterocycles. The summed E-state index contributed by atoms with van der Waals surface area (Å²) in [5, 5.41) is 29.9. The van der Waals surface area contributed by atoms with Crippen LogP contribution in [0.15, 0.2) is 66.6 Å². The quantitative estimate of drug-likeness (QED) is 0.467. The van der Waals surface area contributed by atoms with E-state index in [1.54, 1.807) is 12.1 Å². The number of nitriles is 1. The molecule has 0 saturated carbocycles. The van der Waals surface area contributed by atoms with Gasteiger partial charge < -0.3 is 19.5 Å². The normalized spacial score (nSPS) is 13.9. The second kappa shape index (κ2) is 6.78. The van der Waals surface area contributed by atoms with Crippen LogP contribution in [-0.4, -0.2) is 20.6 Å². The maximum Gasteiger partial charge on any atom is 0.235 e. The molecular weight excluding hydrogens is 392 g/mol. The number of benzene rings is 3. The Balaban J connectivity index is 1.69. The molecule has 0 spiro atoms. The number of phenolic OH excluding ortho intramolecular Hbond substituents is 2. The van der Waals surface area contributed by atoms with Gasteiger partial charge in [0.15, 0.2) is 5.76 Å². The van der Waals surface area contributed by atoms with Gasteiger partial charge in [-0.25, -0.2) is 0 Å². The lowest BCUT2D eigenvalue weighted by Gasteiger charge is -2.07. The molecule has 1 aliphatic rings. The largest absolute Gasteiger partial charge is 0.508 e. The molecule has 3 aromatic carbocycles. The number of Topliss-reactive ketones (excluding diaryl/α,β-unsaturated/α-hetero) is 1. The monoisotopic (exact) mass is 408 g/mol. The van der Waals surface area contributed by atoms with E-state index in [4.69, 9.17) is 4.74 Å². The molecule has 6 heteroatoms. The van der Waals surface area contributed by atoms with Crippen molar-refractivity contribution in [1.29, 1.82) is 5.26 Å². The fourth-order valence-electron chi connectivity index (χ4n) is 4.01. The summed E-state index contributed by atoms with van der Waals surface area (Å²) in [5.74, 6) is -0.779. The molecule has 0 unspecified atom stereocenters.